The first-order chi connectivity index (χ1) is 9.38. The Hall–Kier alpha value is -2.43. The molecule has 1 amide bonds. The lowest BCUT2D eigenvalue weighted by Gasteiger charge is -2.19. The fraction of sp³-hybridized carbons (Fsp3) is 0.200. The molecule has 0 spiro atoms. The predicted octanol–water partition coefficient (Wildman–Crippen LogP) is 2.45. The van der Waals surface area contributed by atoms with E-state index in [-0.39, 0.29) is 11.7 Å². The molecule has 3 N–H and O–H groups in total. The van der Waals surface area contributed by atoms with Gasteiger partial charge in [-0.3, -0.25) is 4.79 Å². The Balaban J connectivity index is 2.16. The molecule has 0 bridgehead atoms. The molecule has 0 aliphatic carbocycles. The number of carbonyl (C=O) groups excluding carboxylic acids is 1. The Morgan fingerprint density at radius 3 is 2.60 bits per heavy atom. The standard InChI is InChI=1S/C15H14FN3O/c1-15(2)11-7-8(3-4-10(11)14(20)19-15)9-5-6-12(16)18-13(9)17/h3-7H,1-2H3,(H2,17,18)(H,19,20). The van der Waals surface area contributed by atoms with Gasteiger partial charge >= 0.3 is 0 Å². The summed E-state index contributed by atoms with van der Waals surface area (Å²) < 4.78 is 13.0. The summed E-state index contributed by atoms with van der Waals surface area (Å²) in [5.74, 6) is -0.550. The number of carbonyl (C=O) groups is 1. The number of nitrogen functional groups attached to an aromatic ring is 1. The third-order valence-corrected chi connectivity index (χ3v) is 3.57. The number of anilines is 1. The highest BCUT2D eigenvalue weighted by molar-refractivity contribution is 6.00. The number of nitrogens with one attached hydrogen (secondary N) is 1. The Kier molecular flexibility index (Phi) is 2.54. The van der Waals surface area contributed by atoms with E-state index in [0.717, 1.165) is 11.1 Å². The maximum absolute atomic E-state index is 13.0. The zero-order valence-corrected chi connectivity index (χ0v) is 11.2. The van der Waals surface area contributed by atoms with Gasteiger partial charge in [0.15, 0.2) is 0 Å². The van der Waals surface area contributed by atoms with Gasteiger partial charge in [0.25, 0.3) is 5.91 Å². The number of rotatable bonds is 1. The number of nitrogens with two attached hydrogens (primary N) is 1. The van der Waals surface area contributed by atoms with Crippen molar-refractivity contribution in [3.05, 3.63) is 47.4 Å². The number of pyridine rings is 1. The lowest BCUT2D eigenvalue weighted by molar-refractivity contribution is 0.0940. The van der Waals surface area contributed by atoms with Crippen molar-refractivity contribution >= 4 is 11.7 Å². The van der Waals surface area contributed by atoms with E-state index < -0.39 is 11.5 Å². The molecule has 2 aromatic rings. The summed E-state index contributed by atoms with van der Waals surface area (Å²) in [6, 6.07) is 8.32. The van der Waals surface area contributed by atoms with E-state index in [1.54, 1.807) is 18.2 Å². The van der Waals surface area contributed by atoms with Crippen LogP contribution in [0, 0.1) is 5.95 Å². The van der Waals surface area contributed by atoms with Crippen LogP contribution in [0.4, 0.5) is 10.2 Å². The van der Waals surface area contributed by atoms with Crippen LogP contribution in [0.1, 0.15) is 29.8 Å². The summed E-state index contributed by atoms with van der Waals surface area (Å²) in [5.41, 5.74) is 8.37. The molecule has 20 heavy (non-hydrogen) atoms. The number of aromatic nitrogens is 1. The van der Waals surface area contributed by atoms with Crippen LogP contribution in [-0.2, 0) is 5.54 Å². The molecule has 5 heteroatoms. The average Bonchev–Trinajstić information content (AvgIpc) is 2.59. The molecule has 0 radical (unpaired) electrons. The number of fused-ring (bicyclic) bond motifs is 1. The van der Waals surface area contributed by atoms with E-state index in [4.69, 9.17) is 5.73 Å². The number of benzene rings is 1. The molecule has 0 atom stereocenters. The van der Waals surface area contributed by atoms with Crippen LogP contribution >= 0.6 is 0 Å². The van der Waals surface area contributed by atoms with Crippen LogP contribution < -0.4 is 11.1 Å². The fourth-order valence-corrected chi connectivity index (χ4v) is 2.54. The minimum absolute atomic E-state index is 0.0817. The van der Waals surface area contributed by atoms with Gasteiger partial charge < -0.3 is 11.1 Å². The van der Waals surface area contributed by atoms with Crippen LogP contribution in [0.15, 0.2) is 30.3 Å². The summed E-state index contributed by atoms with van der Waals surface area (Å²) in [5, 5.41) is 2.92. The monoisotopic (exact) mass is 271 g/mol. The Labute approximate surface area is 115 Å². The number of amides is 1. The third-order valence-electron chi connectivity index (χ3n) is 3.57. The van der Waals surface area contributed by atoms with E-state index >= 15 is 0 Å². The molecule has 1 aromatic carbocycles. The van der Waals surface area contributed by atoms with Crippen molar-refractivity contribution in [3.8, 4) is 11.1 Å². The van der Waals surface area contributed by atoms with Crippen molar-refractivity contribution < 1.29 is 9.18 Å². The van der Waals surface area contributed by atoms with E-state index in [1.165, 1.54) is 6.07 Å². The second kappa shape index (κ2) is 4.03. The lowest BCUT2D eigenvalue weighted by Crippen LogP contribution is -2.32. The van der Waals surface area contributed by atoms with Gasteiger partial charge in [0.2, 0.25) is 5.95 Å². The highest BCUT2D eigenvalue weighted by Crippen LogP contribution is 2.35. The molecule has 0 fully saturated rings. The molecular weight excluding hydrogens is 257 g/mol. The number of hydrogen-bond donors (Lipinski definition) is 2. The molecule has 1 aliphatic heterocycles. The van der Waals surface area contributed by atoms with Crippen molar-refractivity contribution in [1.29, 1.82) is 0 Å². The summed E-state index contributed by atoms with van der Waals surface area (Å²) in [6.07, 6.45) is 0. The first-order valence-electron chi connectivity index (χ1n) is 6.28. The van der Waals surface area contributed by atoms with Crippen LogP contribution in [0.2, 0.25) is 0 Å². The minimum atomic E-state index is -0.607. The first kappa shape index (κ1) is 12.6. The molecule has 1 aliphatic rings. The van der Waals surface area contributed by atoms with Crippen molar-refractivity contribution in [3.63, 3.8) is 0 Å². The SMILES string of the molecule is CC1(C)NC(=O)c2ccc(-c3ccc(F)nc3N)cc21. The molecule has 0 unspecified atom stereocenters. The molecule has 0 saturated carbocycles. The van der Waals surface area contributed by atoms with Gasteiger partial charge in [0.05, 0.1) is 5.54 Å². The second-order valence-corrected chi connectivity index (χ2v) is 5.41. The zero-order valence-electron chi connectivity index (χ0n) is 11.2. The van der Waals surface area contributed by atoms with Gasteiger partial charge in [-0.15, -0.1) is 0 Å². The van der Waals surface area contributed by atoms with Gasteiger partial charge in [-0.05, 0) is 49.2 Å². The topological polar surface area (TPSA) is 68.0 Å². The Morgan fingerprint density at radius 1 is 1.20 bits per heavy atom. The van der Waals surface area contributed by atoms with Crippen LogP contribution in [0.5, 0.6) is 0 Å². The molecule has 1 aromatic heterocycles. The van der Waals surface area contributed by atoms with Gasteiger partial charge in [-0.25, -0.2) is 4.98 Å². The summed E-state index contributed by atoms with van der Waals surface area (Å²) in [6.45, 7) is 3.87. The lowest BCUT2D eigenvalue weighted by atomic mass is 9.91. The quantitative estimate of drug-likeness (QED) is 0.783. The molecule has 2 heterocycles. The highest BCUT2D eigenvalue weighted by atomic mass is 19.1. The molecule has 4 nitrogen and oxygen atoms in total. The van der Waals surface area contributed by atoms with E-state index in [2.05, 4.69) is 10.3 Å². The van der Waals surface area contributed by atoms with Gasteiger partial charge in [-0.1, -0.05) is 6.07 Å². The predicted molar refractivity (Wildman–Crippen MR) is 74.5 cm³/mol. The normalized spacial score (nSPS) is 15.8. The van der Waals surface area contributed by atoms with E-state index in [0.29, 0.717) is 11.1 Å². The summed E-state index contributed by atoms with van der Waals surface area (Å²) in [7, 11) is 0. The molecule has 0 saturated heterocycles. The van der Waals surface area contributed by atoms with E-state index in [1.807, 2.05) is 19.9 Å². The number of hydrogen-bond acceptors (Lipinski definition) is 3. The van der Waals surface area contributed by atoms with Crippen LogP contribution in [0.3, 0.4) is 0 Å². The summed E-state index contributed by atoms with van der Waals surface area (Å²) in [4.78, 5) is 15.5. The fourth-order valence-electron chi connectivity index (χ4n) is 2.54. The Morgan fingerprint density at radius 2 is 1.90 bits per heavy atom. The van der Waals surface area contributed by atoms with Crippen LogP contribution in [-0.4, -0.2) is 10.9 Å². The van der Waals surface area contributed by atoms with Crippen molar-refractivity contribution in [2.45, 2.75) is 19.4 Å². The number of nitrogens with zero attached hydrogens (tertiary/aromatic N) is 1. The molecular formula is C15H14FN3O. The van der Waals surface area contributed by atoms with Crippen molar-refractivity contribution in [2.75, 3.05) is 5.73 Å². The maximum Gasteiger partial charge on any atom is 0.252 e. The van der Waals surface area contributed by atoms with Crippen molar-refractivity contribution in [2.24, 2.45) is 0 Å². The van der Waals surface area contributed by atoms with Crippen molar-refractivity contribution in [1.82, 2.24) is 10.3 Å². The molecule has 3 rings (SSSR count). The average molecular weight is 271 g/mol. The van der Waals surface area contributed by atoms with Gasteiger partial charge in [0.1, 0.15) is 5.82 Å². The zero-order chi connectivity index (χ0) is 14.5. The Bertz CT molecular complexity index is 725. The first-order valence-corrected chi connectivity index (χ1v) is 6.28. The largest absolute Gasteiger partial charge is 0.383 e. The maximum atomic E-state index is 13.0. The van der Waals surface area contributed by atoms with Crippen LogP contribution in [0.25, 0.3) is 11.1 Å². The second-order valence-electron chi connectivity index (χ2n) is 5.41. The van der Waals surface area contributed by atoms with Gasteiger partial charge in [-0.2, -0.15) is 4.39 Å². The third kappa shape index (κ3) is 1.82. The summed E-state index contributed by atoms with van der Waals surface area (Å²) >= 11 is 0. The molecule has 102 valence electrons. The highest BCUT2D eigenvalue weighted by Gasteiger charge is 2.35. The smallest absolute Gasteiger partial charge is 0.252 e. The number of halogens is 1. The minimum Gasteiger partial charge on any atom is -0.383 e. The van der Waals surface area contributed by atoms with E-state index in [9.17, 15) is 9.18 Å². The van der Waals surface area contributed by atoms with Gasteiger partial charge in [0, 0.05) is 11.1 Å².